The molecule has 0 aromatic carbocycles. The summed E-state index contributed by atoms with van der Waals surface area (Å²) in [5.41, 5.74) is 0. The Kier molecular flexibility index (Phi) is 14.3. The van der Waals surface area contributed by atoms with Gasteiger partial charge in [-0.05, 0) is 6.42 Å². The molecule has 0 aliphatic carbocycles. The van der Waals surface area contributed by atoms with E-state index in [-0.39, 0.29) is 12.7 Å². The van der Waals surface area contributed by atoms with Crippen molar-refractivity contribution in [2.24, 2.45) is 0 Å². The molecule has 0 saturated heterocycles. The van der Waals surface area contributed by atoms with E-state index in [9.17, 15) is 35.1 Å². The van der Waals surface area contributed by atoms with Crippen molar-refractivity contribution in [1.82, 2.24) is 0 Å². The van der Waals surface area contributed by atoms with Crippen molar-refractivity contribution in [3.63, 3.8) is 0 Å². The fourth-order valence-electron chi connectivity index (χ4n) is 2.73. The van der Waals surface area contributed by atoms with Crippen LogP contribution in [-0.4, -0.2) is 79.7 Å². The Morgan fingerprint density at radius 1 is 0.929 bits per heavy atom. The summed E-state index contributed by atoms with van der Waals surface area (Å²) in [7, 11) is 0. The van der Waals surface area contributed by atoms with Crippen LogP contribution in [-0.2, 0) is 14.3 Å². The van der Waals surface area contributed by atoms with Gasteiger partial charge in [-0.15, -0.1) is 0 Å². The molecule has 6 N–H and O–H groups in total. The van der Waals surface area contributed by atoms with E-state index in [2.05, 4.69) is 11.7 Å². The lowest BCUT2D eigenvalue weighted by Crippen LogP contribution is -2.58. The number of aliphatic hydroxyl groups is 6. The number of ether oxygens (including phenoxy) is 1. The SMILES string of the molecule is CCCCCCCCCCCC(=O)OC(O)(C=O)[C@H](O)[C@H](O)[C@H](O)[C@@H](O)CO. The van der Waals surface area contributed by atoms with Crippen LogP contribution < -0.4 is 0 Å². The Hall–Kier alpha value is -1.10. The lowest BCUT2D eigenvalue weighted by molar-refractivity contribution is -0.255. The number of aldehydes is 1. The normalized spacial score (nSPS) is 18.0. The van der Waals surface area contributed by atoms with E-state index in [1.54, 1.807) is 0 Å². The molecule has 0 fully saturated rings. The minimum absolute atomic E-state index is 0.0867. The maximum absolute atomic E-state index is 11.8. The Labute approximate surface area is 166 Å². The van der Waals surface area contributed by atoms with Crippen LogP contribution in [0.5, 0.6) is 0 Å². The van der Waals surface area contributed by atoms with Gasteiger partial charge in [0.05, 0.1) is 6.61 Å². The lowest BCUT2D eigenvalue weighted by Gasteiger charge is -2.33. The van der Waals surface area contributed by atoms with E-state index in [0.29, 0.717) is 6.42 Å². The molecule has 0 spiro atoms. The smallest absolute Gasteiger partial charge is 0.308 e. The van der Waals surface area contributed by atoms with Crippen LogP contribution in [0.1, 0.15) is 71.1 Å². The summed E-state index contributed by atoms with van der Waals surface area (Å²) in [6.07, 6.45) is 0.366. The largest absolute Gasteiger partial charge is 0.423 e. The second-order valence-electron chi connectivity index (χ2n) is 7.10. The summed E-state index contributed by atoms with van der Waals surface area (Å²) in [5.74, 6) is -4.02. The van der Waals surface area contributed by atoms with Crippen molar-refractivity contribution in [3.05, 3.63) is 0 Å². The van der Waals surface area contributed by atoms with Gasteiger partial charge >= 0.3 is 5.97 Å². The fraction of sp³-hybridized carbons (Fsp3) is 0.895. The summed E-state index contributed by atoms with van der Waals surface area (Å²) >= 11 is 0. The van der Waals surface area contributed by atoms with Gasteiger partial charge in [0.15, 0.2) is 12.4 Å². The molecule has 5 atom stereocenters. The highest BCUT2D eigenvalue weighted by Crippen LogP contribution is 2.19. The first-order valence-corrected chi connectivity index (χ1v) is 9.97. The van der Waals surface area contributed by atoms with E-state index in [0.717, 1.165) is 25.7 Å². The van der Waals surface area contributed by atoms with E-state index >= 15 is 0 Å². The Balaban J connectivity index is 4.29. The number of hydrogen-bond donors (Lipinski definition) is 6. The number of esters is 1. The first kappa shape index (κ1) is 26.9. The highest BCUT2D eigenvalue weighted by molar-refractivity contribution is 5.74. The van der Waals surface area contributed by atoms with Crippen molar-refractivity contribution in [1.29, 1.82) is 0 Å². The molecule has 0 bridgehead atoms. The number of carbonyl (C=O) groups is 2. The van der Waals surface area contributed by atoms with Crippen molar-refractivity contribution in [2.75, 3.05) is 6.61 Å². The standard InChI is InChI=1S/C19H36O9/c1-2-3-4-5-6-7-8-9-10-11-15(23)28-19(27,13-21)18(26)17(25)16(24)14(22)12-20/h13-14,16-18,20,22,24-27H,2-12H2,1H3/t14-,16+,17+,18+,19?/m0/s1. The van der Waals surface area contributed by atoms with Crippen LogP contribution in [0.15, 0.2) is 0 Å². The molecule has 166 valence electrons. The molecular weight excluding hydrogens is 372 g/mol. The average molecular weight is 408 g/mol. The number of hydrogen-bond acceptors (Lipinski definition) is 9. The van der Waals surface area contributed by atoms with Crippen molar-refractivity contribution >= 4 is 12.3 Å². The number of carbonyl (C=O) groups excluding carboxylic acids is 2. The zero-order valence-electron chi connectivity index (χ0n) is 16.6. The molecule has 0 aliphatic rings. The molecule has 9 nitrogen and oxygen atoms in total. The third-order valence-corrected chi connectivity index (χ3v) is 4.61. The average Bonchev–Trinajstić information content (AvgIpc) is 2.69. The van der Waals surface area contributed by atoms with E-state index in [1.165, 1.54) is 25.7 Å². The Morgan fingerprint density at radius 2 is 1.43 bits per heavy atom. The van der Waals surface area contributed by atoms with Gasteiger partial charge in [0, 0.05) is 6.42 Å². The summed E-state index contributed by atoms with van der Waals surface area (Å²) in [4.78, 5) is 22.9. The molecule has 28 heavy (non-hydrogen) atoms. The van der Waals surface area contributed by atoms with Crippen molar-refractivity contribution in [2.45, 2.75) is 101 Å². The molecule has 0 aromatic heterocycles. The van der Waals surface area contributed by atoms with Gasteiger partial charge in [0.2, 0.25) is 0 Å². The second kappa shape index (κ2) is 14.8. The van der Waals surface area contributed by atoms with Gasteiger partial charge in [-0.25, -0.2) is 0 Å². The molecule has 0 rings (SSSR count). The van der Waals surface area contributed by atoms with E-state index < -0.39 is 42.8 Å². The zero-order valence-corrected chi connectivity index (χ0v) is 16.6. The molecule has 0 amide bonds. The van der Waals surface area contributed by atoms with Crippen LogP contribution in [0.4, 0.5) is 0 Å². The highest BCUT2D eigenvalue weighted by atomic mass is 16.7. The van der Waals surface area contributed by atoms with Gasteiger partial charge in [0.1, 0.15) is 18.3 Å². The molecule has 0 aromatic rings. The number of aliphatic hydroxyl groups excluding tert-OH is 5. The van der Waals surface area contributed by atoms with Crippen LogP contribution in [0, 0.1) is 0 Å². The first-order valence-electron chi connectivity index (χ1n) is 9.97. The minimum Gasteiger partial charge on any atom is -0.423 e. The molecule has 9 heteroatoms. The van der Waals surface area contributed by atoms with Crippen LogP contribution in [0.2, 0.25) is 0 Å². The Bertz CT molecular complexity index is 432. The molecule has 1 unspecified atom stereocenters. The number of rotatable bonds is 17. The summed E-state index contributed by atoms with van der Waals surface area (Å²) in [6, 6.07) is 0. The molecule has 0 radical (unpaired) electrons. The number of unbranched alkanes of at least 4 members (excludes halogenated alkanes) is 8. The van der Waals surface area contributed by atoms with Crippen LogP contribution >= 0.6 is 0 Å². The van der Waals surface area contributed by atoms with Crippen LogP contribution in [0.25, 0.3) is 0 Å². The fourth-order valence-corrected chi connectivity index (χ4v) is 2.73. The van der Waals surface area contributed by atoms with Crippen molar-refractivity contribution in [3.8, 4) is 0 Å². The highest BCUT2D eigenvalue weighted by Gasteiger charge is 2.47. The maximum atomic E-state index is 11.8. The van der Waals surface area contributed by atoms with Gasteiger partial charge in [-0.3, -0.25) is 9.59 Å². The molecule has 0 saturated carbocycles. The quantitative estimate of drug-likeness (QED) is 0.0825. The summed E-state index contributed by atoms with van der Waals surface area (Å²) in [6.45, 7) is 1.23. The van der Waals surface area contributed by atoms with E-state index in [1.807, 2.05) is 0 Å². The third kappa shape index (κ3) is 9.90. The molecule has 0 aliphatic heterocycles. The predicted molar refractivity (Wildman–Crippen MR) is 100 cm³/mol. The third-order valence-electron chi connectivity index (χ3n) is 4.61. The Morgan fingerprint density at radius 3 is 1.89 bits per heavy atom. The van der Waals surface area contributed by atoms with E-state index in [4.69, 9.17) is 5.11 Å². The summed E-state index contributed by atoms with van der Waals surface area (Å²) in [5, 5.41) is 57.2. The minimum atomic E-state index is -3.08. The topological polar surface area (TPSA) is 165 Å². The van der Waals surface area contributed by atoms with Gasteiger partial charge in [-0.1, -0.05) is 58.3 Å². The first-order chi connectivity index (χ1) is 13.2. The molecular formula is C19H36O9. The van der Waals surface area contributed by atoms with Gasteiger partial charge < -0.3 is 35.4 Å². The maximum Gasteiger partial charge on any atom is 0.308 e. The van der Waals surface area contributed by atoms with Gasteiger partial charge in [-0.2, -0.15) is 0 Å². The van der Waals surface area contributed by atoms with Crippen molar-refractivity contribution < 1.29 is 45.0 Å². The monoisotopic (exact) mass is 408 g/mol. The summed E-state index contributed by atoms with van der Waals surface area (Å²) < 4.78 is 4.59. The molecule has 0 heterocycles. The second-order valence-corrected chi connectivity index (χ2v) is 7.10. The lowest BCUT2D eigenvalue weighted by atomic mass is 9.97. The van der Waals surface area contributed by atoms with Crippen LogP contribution in [0.3, 0.4) is 0 Å². The predicted octanol–water partition coefficient (Wildman–Crippen LogP) is -0.226. The van der Waals surface area contributed by atoms with Gasteiger partial charge in [0.25, 0.3) is 5.79 Å². The zero-order chi connectivity index (χ0) is 21.6.